The van der Waals surface area contributed by atoms with Crippen molar-refractivity contribution in [2.45, 2.75) is 32.7 Å². The second-order valence-corrected chi connectivity index (χ2v) is 5.81. The molecule has 0 saturated carbocycles. The van der Waals surface area contributed by atoms with Gasteiger partial charge in [-0.1, -0.05) is 34.5 Å². The van der Waals surface area contributed by atoms with Crippen molar-refractivity contribution >= 4 is 33.6 Å². The molecule has 0 aromatic heterocycles. The van der Waals surface area contributed by atoms with Crippen LogP contribution < -0.4 is 15.4 Å². The van der Waals surface area contributed by atoms with E-state index in [0.29, 0.717) is 23.9 Å². The molecule has 20 heavy (non-hydrogen) atoms. The summed E-state index contributed by atoms with van der Waals surface area (Å²) >= 11 is 9.37. The molecule has 6 heteroatoms. The second-order valence-electron chi connectivity index (χ2n) is 4.49. The van der Waals surface area contributed by atoms with Crippen LogP contribution in [0.3, 0.4) is 0 Å². The molecule has 2 amide bonds. The molecule has 1 rings (SSSR count). The van der Waals surface area contributed by atoms with Gasteiger partial charge in [-0.2, -0.15) is 0 Å². The molecular weight excluding hydrogens is 344 g/mol. The number of hydrogen-bond donors (Lipinski definition) is 2. The maximum absolute atomic E-state index is 11.4. The first kappa shape index (κ1) is 17.1. The lowest BCUT2D eigenvalue weighted by Gasteiger charge is -2.13. The minimum absolute atomic E-state index is 0.138. The minimum Gasteiger partial charge on any atom is -0.492 e. The Bertz CT molecular complexity index is 443. The Morgan fingerprint density at radius 2 is 2.25 bits per heavy atom. The van der Waals surface area contributed by atoms with Crippen LogP contribution in [0.25, 0.3) is 0 Å². The zero-order chi connectivity index (χ0) is 15.0. The predicted molar refractivity (Wildman–Crippen MR) is 85.6 cm³/mol. The lowest BCUT2D eigenvalue weighted by molar-refractivity contribution is 0.236. The molecule has 1 aromatic rings. The first-order chi connectivity index (χ1) is 9.52. The number of rotatable bonds is 7. The molecular formula is C14H20BrClN2O2. The Kier molecular flexibility index (Phi) is 7.77. The molecule has 0 fully saturated rings. The Hall–Kier alpha value is -0.940. The number of carbonyl (C=O) groups is 1. The summed E-state index contributed by atoms with van der Waals surface area (Å²) in [5, 5.41) is 6.19. The van der Waals surface area contributed by atoms with Crippen molar-refractivity contribution in [3.63, 3.8) is 0 Å². The molecule has 0 aliphatic heterocycles. The number of halogens is 2. The van der Waals surface area contributed by atoms with Crippen molar-refractivity contribution in [2.24, 2.45) is 0 Å². The third-order valence-corrected chi connectivity index (χ3v) is 3.54. The summed E-state index contributed by atoms with van der Waals surface area (Å²) in [5.74, 6) is 0.652. The van der Waals surface area contributed by atoms with Gasteiger partial charge in [0.05, 0.1) is 11.6 Å². The number of benzene rings is 1. The van der Waals surface area contributed by atoms with E-state index in [1.54, 1.807) is 6.07 Å². The Balaban J connectivity index is 2.17. The molecule has 1 atom stereocenters. The van der Waals surface area contributed by atoms with Crippen LogP contribution in [0.15, 0.2) is 22.7 Å². The largest absolute Gasteiger partial charge is 0.492 e. The molecule has 0 aliphatic rings. The highest BCUT2D eigenvalue weighted by molar-refractivity contribution is 9.10. The summed E-state index contributed by atoms with van der Waals surface area (Å²) in [6, 6.07) is 5.53. The summed E-state index contributed by atoms with van der Waals surface area (Å²) in [6.07, 6.45) is 1.64. The van der Waals surface area contributed by atoms with Gasteiger partial charge in [-0.3, -0.25) is 0 Å². The Labute approximate surface area is 133 Å². The normalized spacial score (nSPS) is 11.8. The highest BCUT2D eigenvalue weighted by Gasteiger charge is 2.04. The standard InChI is InChI=1S/C14H20BrClN2O2/c1-3-10(2)18-14(19)17-7-4-8-20-13-6-5-11(15)9-12(13)16/h5-6,9-10H,3-4,7-8H2,1-2H3,(H2,17,18,19). The van der Waals surface area contributed by atoms with Gasteiger partial charge >= 0.3 is 6.03 Å². The fourth-order valence-corrected chi connectivity index (χ4v) is 2.15. The minimum atomic E-state index is -0.138. The van der Waals surface area contributed by atoms with Crippen LogP contribution in [0.2, 0.25) is 5.02 Å². The van der Waals surface area contributed by atoms with E-state index in [-0.39, 0.29) is 12.1 Å². The van der Waals surface area contributed by atoms with Gasteiger partial charge in [-0.05, 0) is 38.0 Å². The van der Waals surface area contributed by atoms with Crippen LogP contribution in [0, 0.1) is 0 Å². The number of urea groups is 1. The maximum Gasteiger partial charge on any atom is 0.314 e. The van der Waals surface area contributed by atoms with Gasteiger partial charge < -0.3 is 15.4 Å². The molecule has 112 valence electrons. The Morgan fingerprint density at radius 1 is 1.50 bits per heavy atom. The van der Waals surface area contributed by atoms with Crippen LogP contribution in [-0.4, -0.2) is 25.2 Å². The van der Waals surface area contributed by atoms with Gasteiger partial charge in [0.2, 0.25) is 0 Å². The van der Waals surface area contributed by atoms with Crippen LogP contribution in [-0.2, 0) is 0 Å². The van der Waals surface area contributed by atoms with Crippen molar-refractivity contribution < 1.29 is 9.53 Å². The second kappa shape index (κ2) is 9.08. The fraction of sp³-hybridized carbons (Fsp3) is 0.500. The average Bonchev–Trinajstić information content (AvgIpc) is 2.40. The van der Waals surface area contributed by atoms with Gasteiger partial charge in [0.15, 0.2) is 0 Å². The van der Waals surface area contributed by atoms with E-state index >= 15 is 0 Å². The topological polar surface area (TPSA) is 50.4 Å². The summed E-state index contributed by atoms with van der Waals surface area (Å²) in [7, 11) is 0. The molecule has 4 nitrogen and oxygen atoms in total. The van der Waals surface area contributed by atoms with Crippen molar-refractivity contribution in [3.05, 3.63) is 27.7 Å². The highest BCUT2D eigenvalue weighted by Crippen LogP contribution is 2.27. The van der Waals surface area contributed by atoms with E-state index in [1.165, 1.54) is 0 Å². The molecule has 0 saturated heterocycles. The number of carbonyl (C=O) groups excluding carboxylic acids is 1. The molecule has 2 N–H and O–H groups in total. The quantitative estimate of drug-likeness (QED) is 0.720. The Morgan fingerprint density at radius 3 is 2.90 bits per heavy atom. The van der Waals surface area contributed by atoms with Crippen LogP contribution >= 0.6 is 27.5 Å². The predicted octanol–water partition coefficient (Wildman–Crippen LogP) is 3.97. The molecule has 0 bridgehead atoms. The third-order valence-electron chi connectivity index (χ3n) is 2.75. The molecule has 1 unspecified atom stereocenters. The average molecular weight is 364 g/mol. The van der Waals surface area contributed by atoms with Gasteiger partial charge in [-0.15, -0.1) is 0 Å². The summed E-state index contributed by atoms with van der Waals surface area (Å²) in [5.41, 5.74) is 0. The number of hydrogen-bond acceptors (Lipinski definition) is 2. The van der Waals surface area contributed by atoms with E-state index in [9.17, 15) is 4.79 Å². The van der Waals surface area contributed by atoms with Gasteiger partial charge in [0, 0.05) is 17.1 Å². The van der Waals surface area contributed by atoms with Gasteiger partial charge in [0.25, 0.3) is 0 Å². The number of amides is 2. The van der Waals surface area contributed by atoms with Crippen molar-refractivity contribution in [1.29, 1.82) is 0 Å². The van der Waals surface area contributed by atoms with Crippen molar-refractivity contribution in [2.75, 3.05) is 13.2 Å². The molecule has 0 spiro atoms. The third kappa shape index (κ3) is 6.48. The number of nitrogens with one attached hydrogen (secondary N) is 2. The van der Waals surface area contributed by atoms with Gasteiger partial charge in [-0.25, -0.2) is 4.79 Å². The zero-order valence-electron chi connectivity index (χ0n) is 11.7. The lowest BCUT2D eigenvalue weighted by atomic mass is 10.3. The monoisotopic (exact) mass is 362 g/mol. The van der Waals surface area contributed by atoms with Crippen molar-refractivity contribution in [3.8, 4) is 5.75 Å². The van der Waals surface area contributed by atoms with E-state index in [4.69, 9.17) is 16.3 Å². The van der Waals surface area contributed by atoms with E-state index in [1.807, 2.05) is 26.0 Å². The first-order valence-corrected chi connectivity index (χ1v) is 7.82. The van der Waals surface area contributed by atoms with E-state index in [0.717, 1.165) is 17.3 Å². The lowest BCUT2D eigenvalue weighted by Crippen LogP contribution is -2.41. The van der Waals surface area contributed by atoms with E-state index < -0.39 is 0 Å². The van der Waals surface area contributed by atoms with Crippen LogP contribution in [0.1, 0.15) is 26.7 Å². The number of ether oxygens (including phenoxy) is 1. The SMILES string of the molecule is CCC(C)NC(=O)NCCCOc1ccc(Br)cc1Cl. The summed E-state index contributed by atoms with van der Waals surface area (Å²) in [6.45, 7) is 5.07. The first-order valence-electron chi connectivity index (χ1n) is 6.65. The molecule has 0 radical (unpaired) electrons. The van der Waals surface area contributed by atoms with Crippen LogP contribution in [0.4, 0.5) is 4.79 Å². The highest BCUT2D eigenvalue weighted by atomic mass is 79.9. The summed E-state index contributed by atoms with van der Waals surface area (Å²) in [4.78, 5) is 11.4. The molecule has 0 aliphatic carbocycles. The maximum atomic E-state index is 11.4. The molecule has 1 aromatic carbocycles. The smallest absolute Gasteiger partial charge is 0.314 e. The van der Waals surface area contributed by atoms with Crippen molar-refractivity contribution in [1.82, 2.24) is 10.6 Å². The van der Waals surface area contributed by atoms with Gasteiger partial charge in [0.1, 0.15) is 5.75 Å². The van der Waals surface area contributed by atoms with E-state index in [2.05, 4.69) is 26.6 Å². The zero-order valence-corrected chi connectivity index (χ0v) is 14.1. The summed E-state index contributed by atoms with van der Waals surface area (Å²) < 4.78 is 6.47. The fourth-order valence-electron chi connectivity index (χ4n) is 1.43. The molecule has 0 heterocycles. The van der Waals surface area contributed by atoms with Crippen LogP contribution in [0.5, 0.6) is 5.75 Å².